The number of nitrogens with zero attached hydrogens (tertiary/aromatic N) is 1. The van der Waals surface area contributed by atoms with Crippen LogP contribution in [0.3, 0.4) is 0 Å². The first-order valence-electron chi connectivity index (χ1n) is 5.15. The number of ether oxygens (including phenoxy) is 2. The second-order valence-electron chi connectivity index (χ2n) is 3.69. The Morgan fingerprint density at radius 2 is 2.24 bits per heavy atom. The monoisotopic (exact) mass is 234 g/mol. The lowest BCUT2D eigenvalue weighted by Crippen LogP contribution is -2.19. The van der Waals surface area contributed by atoms with Gasteiger partial charge in [0.2, 0.25) is 0 Å². The Hall–Kier alpha value is -2.22. The van der Waals surface area contributed by atoms with Gasteiger partial charge in [-0.1, -0.05) is 0 Å². The second-order valence-corrected chi connectivity index (χ2v) is 3.69. The van der Waals surface area contributed by atoms with Gasteiger partial charge in [-0.2, -0.15) is 5.26 Å². The van der Waals surface area contributed by atoms with Crippen LogP contribution in [0.15, 0.2) is 18.2 Å². The van der Waals surface area contributed by atoms with Crippen LogP contribution >= 0.6 is 0 Å². The third-order valence-electron chi connectivity index (χ3n) is 1.85. The topological polar surface area (TPSA) is 85.3 Å². The summed E-state index contributed by atoms with van der Waals surface area (Å²) in [6.45, 7) is 3.32. The smallest absolute Gasteiger partial charge is 0.344 e. The molecule has 0 aliphatic heterocycles. The van der Waals surface area contributed by atoms with Crippen molar-refractivity contribution in [3.8, 4) is 11.8 Å². The Morgan fingerprint density at radius 1 is 1.53 bits per heavy atom. The Bertz CT molecular complexity index is 450. The number of benzene rings is 1. The van der Waals surface area contributed by atoms with Gasteiger partial charge in [-0.15, -0.1) is 0 Å². The van der Waals surface area contributed by atoms with E-state index in [1.807, 2.05) is 6.07 Å². The van der Waals surface area contributed by atoms with Gasteiger partial charge in [-0.3, -0.25) is 0 Å². The summed E-state index contributed by atoms with van der Waals surface area (Å²) in [6.07, 6.45) is -0.176. The highest BCUT2D eigenvalue weighted by molar-refractivity contribution is 5.71. The summed E-state index contributed by atoms with van der Waals surface area (Å²) in [4.78, 5) is 11.2. The largest absolute Gasteiger partial charge is 0.480 e. The molecule has 1 aromatic rings. The molecule has 0 radical (unpaired) electrons. The molecular formula is C12H14N2O3. The highest BCUT2D eigenvalue weighted by Crippen LogP contribution is 2.22. The summed E-state index contributed by atoms with van der Waals surface area (Å²) in [7, 11) is 0. The summed E-state index contributed by atoms with van der Waals surface area (Å²) in [5, 5.41) is 8.65. The van der Waals surface area contributed by atoms with Crippen LogP contribution in [0.25, 0.3) is 0 Å². The molecule has 0 aromatic heterocycles. The number of nitrogens with two attached hydrogens (primary N) is 1. The molecule has 0 fully saturated rings. The minimum atomic E-state index is -0.455. The van der Waals surface area contributed by atoms with E-state index < -0.39 is 5.97 Å². The van der Waals surface area contributed by atoms with Crippen LogP contribution in [0.4, 0.5) is 5.69 Å². The lowest BCUT2D eigenvalue weighted by atomic mass is 10.2. The maximum atomic E-state index is 11.2. The molecule has 5 nitrogen and oxygen atoms in total. The first-order chi connectivity index (χ1) is 8.02. The molecule has 0 amide bonds. The highest BCUT2D eigenvalue weighted by atomic mass is 16.6. The summed E-state index contributed by atoms with van der Waals surface area (Å²) < 4.78 is 10.1. The molecule has 0 atom stereocenters. The fourth-order valence-corrected chi connectivity index (χ4v) is 1.18. The van der Waals surface area contributed by atoms with Gasteiger partial charge in [0.1, 0.15) is 5.75 Å². The average molecular weight is 234 g/mol. The molecule has 0 aliphatic rings. The number of carbonyl (C=O) groups excluding carboxylic acids is 1. The molecule has 17 heavy (non-hydrogen) atoms. The van der Waals surface area contributed by atoms with Crippen LogP contribution < -0.4 is 10.5 Å². The molecule has 0 bridgehead atoms. The van der Waals surface area contributed by atoms with Gasteiger partial charge >= 0.3 is 5.97 Å². The minimum Gasteiger partial charge on any atom is -0.480 e. The van der Waals surface area contributed by atoms with Gasteiger partial charge in [0, 0.05) is 0 Å². The zero-order valence-electron chi connectivity index (χ0n) is 9.77. The van der Waals surface area contributed by atoms with E-state index in [0.29, 0.717) is 17.0 Å². The number of esters is 1. The maximum Gasteiger partial charge on any atom is 0.344 e. The predicted molar refractivity (Wildman–Crippen MR) is 62.3 cm³/mol. The van der Waals surface area contributed by atoms with Crippen molar-refractivity contribution in [1.82, 2.24) is 0 Å². The third-order valence-corrected chi connectivity index (χ3v) is 1.85. The molecule has 1 rings (SSSR count). The fraction of sp³-hybridized carbons (Fsp3) is 0.333. The maximum absolute atomic E-state index is 11.2. The molecule has 0 saturated heterocycles. The zero-order chi connectivity index (χ0) is 12.8. The first kappa shape index (κ1) is 12.8. The summed E-state index contributed by atoms with van der Waals surface area (Å²) >= 11 is 0. The summed E-state index contributed by atoms with van der Waals surface area (Å²) in [5.74, 6) is -0.0894. The SMILES string of the molecule is CC(C)OC(=O)COc1ccc(C#N)cc1N. The van der Waals surface area contributed by atoms with Crippen LogP contribution in [0.1, 0.15) is 19.4 Å². The van der Waals surface area contributed by atoms with Crippen molar-refractivity contribution in [2.75, 3.05) is 12.3 Å². The zero-order valence-corrected chi connectivity index (χ0v) is 9.77. The number of rotatable bonds is 4. The molecule has 1 aromatic carbocycles. The number of anilines is 1. The Kier molecular flexibility index (Phi) is 4.35. The van der Waals surface area contributed by atoms with Crippen molar-refractivity contribution in [1.29, 1.82) is 5.26 Å². The van der Waals surface area contributed by atoms with E-state index in [1.165, 1.54) is 6.07 Å². The molecule has 90 valence electrons. The third kappa shape index (κ3) is 4.03. The van der Waals surface area contributed by atoms with E-state index in [0.717, 1.165) is 0 Å². The average Bonchev–Trinajstić information content (AvgIpc) is 2.26. The van der Waals surface area contributed by atoms with E-state index in [2.05, 4.69) is 0 Å². The number of hydrogen-bond acceptors (Lipinski definition) is 5. The van der Waals surface area contributed by atoms with Gasteiger partial charge in [0.05, 0.1) is 23.4 Å². The minimum absolute atomic E-state index is 0.176. The lowest BCUT2D eigenvalue weighted by Gasteiger charge is -2.10. The van der Waals surface area contributed by atoms with Crippen molar-refractivity contribution in [3.63, 3.8) is 0 Å². The van der Waals surface area contributed by atoms with E-state index in [-0.39, 0.29) is 12.7 Å². The van der Waals surface area contributed by atoms with Gasteiger partial charge in [-0.05, 0) is 32.0 Å². The molecule has 0 unspecified atom stereocenters. The molecule has 0 saturated carbocycles. The van der Waals surface area contributed by atoms with Crippen molar-refractivity contribution >= 4 is 11.7 Å². The predicted octanol–water partition coefficient (Wildman–Crippen LogP) is 1.47. The van der Waals surface area contributed by atoms with Gasteiger partial charge in [0.25, 0.3) is 0 Å². The lowest BCUT2D eigenvalue weighted by molar-refractivity contribution is -0.149. The standard InChI is InChI=1S/C12H14N2O3/c1-8(2)17-12(15)7-16-11-4-3-9(6-13)5-10(11)14/h3-5,8H,7,14H2,1-2H3. The quantitative estimate of drug-likeness (QED) is 0.629. The molecule has 5 heteroatoms. The number of nitrogen functional groups attached to an aromatic ring is 1. The second kappa shape index (κ2) is 5.75. The Labute approximate surface area is 99.7 Å². The van der Waals surface area contributed by atoms with Crippen LogP contribution in [-0.2, 0) is 9.53 Å². The summed E-state index contributed by atoms with van der Waals surface area (Å²) in [5.41, 5.74) is 6.42. The van der Waals surface area contributed by atoms with E-state index in [1.54, 1.807) is 26.0 Å². The first-order valence-corrected chi connectivity index (χ1v) is 5.15. The molecule has 2 N–H and O–H groups in total. The highest BCUT2D eigenvalue weighted by Gasteiger charge is 2.08. The van der Waals surface area contributed by atoms with Crippen LogP contribution in [0.5, 0.6) is 5.75 Å². The normalized spacial score (nSPS) is 9.76. The van der Waals surface area contributed by atoms with Crippen molar-refractivity contribution < 1.29 is 14.3 Å². The summed E-state index contributed by atoms with van der Waals surface area (Å²) in [6, 6.07) is 6.57. The van der Waals surface area contributed by atoms with E-state index in [4.69, 9.17) is 20.5 Å². The Balaban J connectivity index is 2.58. The molecule has 0 heterocycles. The van der Waals surface area contributed by atoms with Crippen LogP contribution in [-0.4, -0.2) is 18.7 Å². The van der Waals surface area contributed by atoms with Crippen molar-refractivity contribution in [2.24, 2.45) is 0 Å². The van der Waals surface area contributed by atoms with Gasteiger partial charge in [-0.25, -0.2) is 4.79 Å². The van der Waals surface area contributed by atoms with Crippen molar-refractivity contribution in [2.45, 2.75) is 20.0 Å². The fourth-order valence-electron chi connectivity index (χ4n) is 1.18. The Morgan fingerprint density at radius 3 is 2.76 bits per heavy atom. The molecular weight excluding hydrogens is 220 g/mol. The van der Waals surface area contributed by atoms with Crippen LogP contribution in [0, 0.1) is 11.3 Å². The van der Waals surface area contributed by atoms with Gasteiger partial charge < -0.3 is 15.2 Å². The van der Waals surface area contributed by atoms with Crippen molar-refractivity contribution in [3.05, 3.63) is 23.8 Å². The number of nitriles is 1. The van der Waals surface area contributed by atoms with Gasteiger partial charge in [0.15, 0.2) is 6.61 Å². The van der Waals surface area contributed by atoms with E-state index in [9.17, 15) is 4.79 Å². The van der Waals surface area contributed by atoms with E-state index >= 15 is 0 Å². The molecule has 0 aliphatic carbocycles. The number of hydrogen-bond donors (Lipinski definition) is 1. The van der Waals surface area contributed by atoms with Crippen LogP contribution in [0.2, 0.25) is 0 Å². The molecule has 0 spiro atoms. The number of carbonyl (C=O) groups is 1.